The van der Waals surface area contributed by atoms with Crippen LogP contribution in [0.2, 0.25) is 0 Å². The summed E-state index contributed by atoms with van der Waals surface area (Å²) in [4.78, 5) is 14.7. The fraction of sp³-hybridized carbons (Fsp3) is 0.600. The van der Waals surface area contributed by atoms with E-state index in [-0.39, 0.29) is 30.4 Å². The quantitative estimate of drug-likeness (QED) is 0.441. The Morgan fingerprint density at radius 3 is 2.62 bits per heavy atom. The number of likely N-dealkylation sites (tertiary alicyclic amines) is 1. The summed E-state index contributed by atoms with van der Waals surface area (Å²) in [7, 11) is 1.46. The summed E-state index contributed by atoms with van der Waals surface area (Å²) in [6.07, 6.45) is 13.0. The summed E-state index contributed by atoms with van der Waals surface area (Å²) in [5, 5.41) is 4.74. The van der Waals surface area contributed by atoms with Crippen LogP contribution in [0.3, 0.4) is 0 Å². The number of hydrogen-bond donors (Lipinski definition) is 0. The van der Waals surface area contributed by atoms with Gasteiger partial charge in [-0.05, 0) is 69.3 Å². The zero-order valence-electron chi connectivity index (χ0n) is 22.1. The van der Waals surface area contributed by atoms with Gasteiger partial charge in [-0.25, -0.2) is 9.48 Å². The highest BCUT2D eigenvalue weighted by molar-refractivity contribution is 5.68. The molecule has 1 aromatic heterocycles. The zero-order valence-corrected chi connectivity index (χ0v) is 22.1. The van der Waals surface area contributed by atoms with E-state index in [0.717, 1.165) is 75.7 Å². The van der Waals surface area contributed by atoms with E-state index in [1.807, 2.05) is 17.2 Å². The molecule has 200 valence electrons. The highest BCUT2D eigenvalue weighted by atomic mass is 16.5. The lowest BCUT2D eigenvalue weighted by Gasteiger charge is -2.42. The van der Waals surface area contributed by atoms with E-state index in [0.29, 0.717) is 19.1 Å². The van der Waals surface area contributed by atoms with Crippen molar-refractivity contribution in [2.75, 3.05) is 26.9 Å². The SMILES string of the molecule is C=Cc1cnn(C2CCCCO2)c1C1CCCN(C(=O)OC)C1COC1CCC(c2ccccc2)CC1. The maximum atomic E-state index is 12.9. The number of carbonyl (C=O) groups is 1. The topological polar surface area (TPSA) is 65.8 Å². The minimum Gasteiger partial charge on any atom is -0.453 e. The molecule has 1 saturated carbocycles. The average molecular weight is 508 g/mol. The third-order valence-corrected chi connectivity index (χ3v) is 8.50. The molecule has 3 aliphatic rings. The van der Waals surface area contributed by atoms with E-state index in [2.05, 4.69) is 41.6 Å². The van der Waals surface area contributed by atoms with Crippen LogP contribution in [0.25, 0.3) is 6.08 Å². The maximum absolute atomic E-state index is 12.9. The number of aromatic nitrogens is 2. The number of carbonyl (C=O) groups excluding carboxylic acids is 1. The molecule has 1 aromatic carbocycles. The number of amides is 1. The second-order valence-electron chi connectivity index (χ2n) is 10.7. The van der Waals surface area contributed by atoms with Crippen molar-refractivity contribution in [3.8, 4) is 0 Å². The van der Waals surface area contributed by atoms with Crippen molar-refractivity contribution >= 4 is 12.2 Å². The summed E-state index contributed by atoms with van der Waals surface area (Å²) in [5.74, 6) is 0.685. The first-order valence-corrected chi connectivity index (χ1v) is 14.0. The van der Waals surface area contributed by atoms with Gasteiger partial charge in [-0.2, -0.15) is 5.10 Å². The second kappa shape index (κ2) is 12.3. The van der Waals surface area contributed by atoms with Gasteiger partial charge in [0.05, 0.1) is 37.8 Å². The van der Waals surface area contributed by atoms with Crippen LogP contribution in [0.4, 0.5) is 4.79 Å². The molecular formula is C30H41N3O4. The van der Waals surface area contributed by atoms with Gasteiger partial charge in [0.15, 0.2) is 0 Å². The molecule has 0 spiro atoms. The minimum absolute atomic E-state index is 0.0687. The van der Waals surface area contributed by atoms with Gasteiger partial charge in [-0.15, -0.1) is 0 Å². The van der Waals surface area contributed by atoms with Crippen LogP contribution in [0.15, 0.2) is 43.1 Å². The van der Waals surface area contributed by atoms with Crippen molar-refractivity contribution in [1.82, 2.24) is 14.7 Å². The van der Waals surface area contributed by atoms with Crippen molar-refractivity contribution in [1.29, 1.82) is 0 Å². The molecule has 0 radical (unpaired) electrons. The van der Waals surface area contributed by atoms with Crippen LogP contribution >= 0.6 is 0 Å². The summed E-state index contributed by atoms with van der Waals surface area (Å²) in [6, 6.07) is 10.7. The number of hydrogen-bond acceptors (Lipinski definition) is 5. The summed E-state index contributed by atoms with van der Waals surface area (Å²) in [5.41, 5.74) is 3.55. The molecule has 3 unspecified atom stereocenters. The van der Waals surface area contributed by atoms with Crippen LogP contribution in [0.5, 0.6) is 0 Å². The zero-order chi connectivity index (χ0) is 25.6. The van der Waals surface area contributed by atoms with Gasteiger partial charge in [0.1, 0.15) is 6.23 Å². The second-order valence-corrected chi connectivity index (χ2v) is 10.7. The monoisotopic (exact) mass is 507 g/mol. The molecule has 0 bridgehead atoms. The molecule has 1 amide bonds. The van der Waals surface area contributed by atoms with E-state index in [1.165, 1.54) is 12.7 Å². The number of nitrogens with zero attached hydrogens (tertiary/aromatic N) is 3. The molecule has 3 fully saturated rings. The van der Waals surface area contributed by atoms with Crippen molar-refractivity contribution < 1.29 is 19.0 Å². The van der Waals surface area contributed by atoms with Gasteiger partial charge in [0.2, 0.25) is 0 Å². The number of piperidine rings is 1. The standard InChI is InChI=1S/C30H41N3O4/c1-3-22-20-31-33(28-13-7-8-19-36-28)29(22)26-12-9-18-32(30(34)35-2)27(26)21-37-25-16-14-24(15-17-25)23-10-5-4-6-11-23/h3-6,10-11,20,24-28H,1,7-9,12-19,21H2,2H3. The number of methoxy groups -OCH3 is 1. The summed E-state index contributed by atoms with van der Waals surface area (Å²) < 4.78 is 20.0. The molecule has 3 heterocycles. The Balaban J connectivity index is 1.33. The first kappa shape index (κ1) is 26.0. The van der Waals surface area contributed by atoms with Gasteiger partial charge in [0, 0.05) is 24.6 Å². The van der Waals surface area contributed by atoms with Gasteiger partial charge in [0.25, 0.3) is 0 Å². The van der Waals surface area contributed by atoms with Crippen molar-refractivity contribution in [2.45, 2.75) is 88.0 Å². The Morgan fingerprint density at radius 2 is 1.92 bits per heavy atom. The van der Waals surface area contributed by atoms with Crippen LogP contribution < -0.4 is 0 Å². The average Bonchev–Trinajstić information content (AvgIpc) is 3.41. The van der Waals surface area contributed by atoms with Crippen molar-refractivity contribution in [3.05, 3.63) is 59.9 Å². The summed E-state index contributed by atoms with van der Waals surface area (Å²) >= 11 is 0. The molecule has 5 rings (SSSR count). The number of ether oxygens (including phenoxy) is 3. The van der Waals surface area contributed by atoms with E-state index < -0.39 is 0 Å². The van der Waals surface area contributed by atoms with Gasteiger partial charge >= 0.3 is 6.09 Å². The van der Waals surface area contributed by atoms with E-state index in [9.17, 15) is 4.79 Å². The number of rotatable bonds is 7. The van der Waals surface area contributed by atoms with E-state index >= 15 is 0 Å². The Bertz CT molecular complexity index is 1020. The molecule has 0 N–H and O–H groups in total. The van der Waals surface area contributed by atoms with Crippen molar-refractivity contribution in [3.63, 3.8) is 0 Å². The lowest BCUT2D eigenvalue weighted by Crippen LogP contribution is -2.51. The molecule has 2 aliphatic heterocycles. The fourth-order valence-corrected chi connectivity index (χ4v) is 6.52. The van der Waals surface area contributed by atoms with Gasteiger partial charge < -0.3 is 19.1 Å². The summed E-state index contributed by atoms with van der Waals surface area (Å²) in [6.45, 7) is 5.99. The normalized spacial score (nSPS) is 28.6. The highest BCUT2D eigenvalue weighted by Gasteiger charge is 2.40. The van der Waals surface area contributed by atoms with Crippen molar-refractivity contribution in [2.24, 2.45) is 0 Å². The molecule has 7 nitrogen and oxygen atoms in total. The van der Waals surface area contributed by atoms with Crippen LogP contribution in [-0.2, 0) is 14.2 Å². The predicted molar refractivity (Wildman–Crippen MR) is 143 cm³/mol. The lowest BCUT2D eigenvalue weighted by atomic mass is 9.82. The lowest BCUT2D eigenvalue weighted by molar-refractivity contribution is -0.0467. The molecule has 2 saturated heterocycles. The maximum Gasteiger partial charge on any atom is 0.409 e. The Labute approximate surface area is 220 Å². The molecule has 2 aromatic rings. The van der Waals surface area contributed by atoms with E-state index in [1.54, 1.807) is 0 Å². The van der Waals surface area contributed by atoms with Crippen LogP contribution in [0, 0.1) is 0 Å². The predicted octanol–water partition coefficient (Wildman–Crippen LogP) is 6.28. The molecular weight excluding hydrogens is 466 g/mol. The largest absolute Gasteiger partial charge is 0.453 e. The molecule has 1 aliphatic carbocycles. The number of benzene rings is 1. The van der Waals surface area contributed by atoms with E-state index in [4.69, 9.17) is 19.3 Å². The Morgan fingerprint density at radius 1 is 1.11 bits per heavy atom. The highest BCUT2D eigenvalue weighted by Crippen LogP contribution is 2.39. The Kier molecular flexibility index (Phi) is 8.62. The van der Waals surface area contributed by atoms with Gasteiger partial charge in [-0.3, -0.25) is 0 Å². The fourth-order valence-electron chi connectivity index (χ4n) is 6.52. The minimum atomic E-state index is -0.286. The first-order valence-electron chi connectivity index (χ1n) is 14.0. The smallest absolute Gasteiger partial charge is 0.409 e. The third kappa shape index (κ3) is 5.78. The van der Waals surface area contributed by atoms with Gasteiger partial charge in [-0.1, -0.05) is 43.0 Å². The third-order valence-electron chi connectivity index (χ3n) is 8.50. The van der Waals surface area contributed by atoms with Crippen LogP contribution in [-0.4, -0.2) is 59.8 Å². The molecule has 7 heteroatoms. The Hall–Kier alpha value is -2.64. The molecule has 3 atom stereocenters. The van der Waals surface area contributed by atoms with Crippen LogP contribution in [0.1, 0.15) is 92.7 Å². The molecule has 37 heavy (non-hydrogen) atoms. The first-order chi connectivity index (χ1) is 18.2.